The predicted molar refractivity (Wildman–Crippen MR) is 83.7 cm³/mol. The van der Waals surface area contributed by atoms with Gasteiger partial charge in [-0.3, -0.25) is 4.79 Å². The van der Waals surface area contributed by atoms with E-state index in [1.54, 1.807) is 5.38 Å². The van der Waals surface area contributed by atoms with E-state index in [-0.39, 0.29) is 18.7 Å². The third-order valence-electron chi connectivity index (χ3n) is 3.10. The third kappa shape index (κ3) is 4.66. The van der Waals surface area contributed by atoms with E-state index < -0.39 is 5.97 Å². The fourth-order valence-corrected chi connectivity index (χ4v) is 2.75. The Labute approximate surface area is 133 Å². The topological polar surface area (TPSA) is 82.1 Å². The van der Waals surface area contributed by atoms with Crippen LogP contribution in [0.25, 0.3) is 0 Å². The average molecular weight is 317 g/mol. The Morgan fingerprint density at radius 2 is 1.91 bits per heavy atom. The number of anilines is 1. The molecule has 0 aliphatic heterocycles. The number of aliphatic carboxylic acids is 1. The normalized spacial score (nSPS) is 10.7. The second-order valence-electron chi connectivity index (χ2n) is 5.28. The summed E-state index contributed by atoms with van der Waals surface area (Å²) in [6, 6.07) is 7.72. The van der Waals surface area contributed by atoms with Gasteiger partial charge in [-0.05, 0) is 23.6 Å². The lowest BCUT2D eigenvalue weighted by atomic mass is 10.0. The Kier molecular flexibility index (Phi) is 5.27. The lowest BCUT2D eigenvalue weighted by Gasteiger charge is -2.08. The van der Waals surface area contributed by atoms with Crippen molar-refractivity contribution in [2.45, 2.75) is 32.6 Å². The molecule has 0 saturated heterocycles. The summed E-state index contributed by atoms with van der Waals surface area (Å²) < 4.78 is 0. The number of hydrogen-bond donors (Lipinski definition) is 1. The van der Waals surface area contributed by atoms with E-state index in [1.165, 1.54) is 16.9 Å². The van der Waals surface area contributed by atoms with E-state index in [0.717, 1.165) is 5.69 Å². The van der Waals surface area contributed by atoms with Crippen molar-refractivity contribution >= 4 is 28.9 Å². The molecule has 0 radical (unpaired) electrons. The van der Waals surface area contributed by atoms with Crippen molar-refractivity contribution in [1.29, 1.82) is 0 Å². The maximum atomic E-state index is 12.0. The van der Waals surface area contributed by atoms with Crippen LogP contribution in [0.3, 0.4) is 0 Å². The number of aromatic nitrogens is 1. The molecule has 0 bridgehead atoms. The van der Waals surface area contributed by atoms with Gasteiger partial charge < -0.3 is 15.2 Å². The van der Waals surface area contributed by atoms with Gasteiger partial charge in [0.15, 0.2) is 0 Å². The summed E-state index contributed by atoms with van der Waals surface area (Å²) in [4.78, 5) is 26.6. The number of nitrogens with zero attached hydrogens (tertiary/aromatic N) is 1. The second-order valence-corrected chi connectivity index (χ2v) is 6.23. The van der Waals surface area contributed by atoms with Crippen molar-refractivity contribution in [3.8, 4) is 0 Å². The van der Waals surface area contributed by atoms with E-state index in [4.69, 9.17) is 0 Å². The van der Waals surface area contributed by atoms with E-state index in [1.807, 2.05) is 24.3 Å². The molecule has 0 saturated carbocycles. The lowest BCUT2D eigenvalue weighted by Crippen LogP contribution is -2.24. The van der Waals surface area contributed by atoms with Gasteiger partial charge in [0.1, 0.15) is 5.01 Å². The van der Waals surface area contributed by atoms with Gasteiger partial charge in [-0.15, -0.1) is 11.3 Å². The van der Waals surface area contributed by atoms with Gasteiger partial charge >= 0.3 is 0 Å². The molecule has 1 amide bonds. The number of thiazole rings is 1. The molecule has 0 aliphatic carbocycles. The summed E-state index contributed by atoms with van der Waals surface area (Å²) in [5.41, 5.74) is 2.37. The highest BCUT2D eigenvalue weighted by atomic mass is 32.1. The molecule has 116 valence electrons. The number of carboxylic acids is 1. The molecule has 1 N–H and O–H groups in total. The Bertz CT molecular complexity index is 662. The average Bonchev–Trinajstić information content (AvgIpc) is 2.85. The van der Waals surface area contributed by atoms with Gasteiger partial charge in [0.2, 0.25) is 5.91 Å². The first kappa shape index (κ1) is 16.2. The van der Waals surface area contributed by atoms with Gasteiger partial charge in [0.25, 0.3) is 0 Å². The van der Waals surface area contributed by atoms with Crippen molar-refractivity contribution < 1.29 is 14.7 Å². The highest BCUT2D eigenvalue weighted by Crippen LogP contribution is 2.17. The van der Waals surface area contributed by atoms with E-state index >= 15 is 0 Å². The summed E-state index contributed by atoms with van der Waals surface area (Å²) in [5.74, 6) is -0.902. The van der Waals surface area contributed by atoms with Gasteiger partial charge in [-0.25, -0.2) is 4.98 Å². The number of hydrogen-bond acceptors (Lipinski definition) is 5. The molecule has 1 aromatic heterocycles. The summed E-state index contributed by atoms with van der Waals surface area (Å²) in [6.45, 7) is 4.22. The van der Waals surface area contributed by atoms with Crippen LogP contribution in [-0.2, 0) is 22.4 Å². The largest absolute Gasteiger partial charge is 0.550 e. The molecule has 0 aliphatic rings. The van der Waals surface area contributed by atoms with Crippen LogP contribution < -0.4 is 10.4 Å². The van der Waals surface area contributed by atoms with E-state index in [9.17, 15) is 14.7 Å². The summed E-state index contributed by atoms with van der Waals surface area (Å²) in [5, 5.41) is 15.5. The Balaban J connectivity index is 1.92. The standard InChI is InChI=1S/C16H18N2O3S/c1-10(2)11-3-5-12(6-4-11)17-14(19)8-15-18-13(9-22-15)7-16(20)21/h3-6,9-10H,7-8H2,1-2H3,(H,17,19)(H,20,21)/p-1. The third-order valence-corrected chi connectivity index (χ3v) is 4.00. The van der Waals surface area contributed by atoms with Crippen molar-refractivity contribution in [2.75, 3.05) is 5.32 Å². The van der Waals surface area contributed by atoms with Crippen molar-refractivity contribution in [1.82, 2.24) is 4.98 Å². The van der Waals surface area contributed by atoms with Gasteiger partial charge in [0, 0.05) is 23.5 Å². The Morgan fingerprint density at radius 3 is 2.50 bits per heavy atom. The zero-order valence-electron chi connectivity index (χ0n) is 12.5. The Hall–Kier alpha value is -2.21. The minimum absolute atomic E-state index is 0.129. The first-order chi connectivity index (χ1) is 10.4. The predicted octanol–water partition coefficient (Wildman–Crippen LogP) is 1.74. The van der Waals surface area contributed by atoms with Crippen LogP contribution in [0.5, 0.6) is 0 Å². The van der Waals surface area contributed by atoms with Gasteiger partial charge in [-0.1, -0.05) is 26.0 Å². The molecule has 6 heteroatoms. The smallest absolute Gasteiger partial charge is 0.231 e. The maximum Gasteiger partial charge on any atom is 0.231 e. The highest BCUT2D eigenvalue weighted by Gasteiger charge is 2.09. The molecular formula is C16H17N2O3S-. The van der Waals surface area contributed by atoms with Crippen LogP contribution in [0.1, 0.15) is 36.0 Å². The maximum absolute atomic E-state index is 12.0. The SMILES string of the molecule is CC(C)c1ccc(NC(=O)Cc2nc(CC(=O)[O-])cs2)cc1. The van der Waals surface area contributed by atoms with Crippen molar-refractivity contribution in [3.05, 3.63) is 45.9 Å². The lowest BCUT2D eigenvalue weighted by molar-refractivity contribution is -0.304. The van der Waals surface area contributed by atoms with Crippen molar-refractivity contribution in [3.63, 3.8) is 0 Å². The van der Waals surface area contributed by atoms with Crippen LogP contribution in [0, 0.1) is 0 Å². The Morgan fingerprint density at radius 1 is 1.23 bits per heavy atom. The second kappa shape index (κ2) is 7.17. The number of amides is 1. The molecular weight excluding hydrogens is 300 g/mol. The number of carbonyl (C=O) groups is 2. The van der Waals surface area contributed by atoms with Crippen LogP contribution in [0.2, 0.25) is 0 Å². The zero-order valence-corrected chi connectivity index (χ0v) is 13.3. The first-order valence-corrected chi connectivity index (χ1v) is 7.85. The number of carboxylic acid groups (broad SMARTS) is 1. The molecule has 22 heavy (non-hydrogen) atoms. The molecule has 0 fully saturated rings. The van der Waals surface area contributed by atoms with Gasteiger partial charge in [0.05, 0.1) is 12.1 Å². The number of rotatable bonds is 6. The zero-order chi connectivity index (χ0) is 16.1. The molecule has 0 spiro atoms. The van der Waals surface area contributed by atoms with Crippen LogP contribution >= 0.6 is 11.3 Å². The monoisotopic (exact) mass is 317 g/mol. The fraction of sp³-hybridized carbons (Fsp3) is 0.312. The van der Waals surface area contributed by atoms with Crippen LogP contribution in [0.4, 0.5) is 5.69 Å². The number of carbonyl (C=O) groups excluding carboxylic acids is 2. The molecule has 1 heterocycles. The minimum Gasteiger partial charge on any atom is -0.550 e. The molecule has 0 atom stereocenters. The molecule has 2 rings (SSSR count). The summed E-state index contributed by atoms with van der Waals surface area (Å²) in [6.07, 6.45) is -0.0988. The first-order valence-electron chi connectivity index (χ1n) is 6.97. The van der Waals surface area contributed by atoms with E-state index in [0.29, 0.717) is 16.6 Å². The summed E-state index contributed by atoms with van der Waals surface area (Å²) in [7, 11) is 0. The number of benzene rings is 1. The summed E-state index contributed by atoms with van der Waals surface area (Å²) >= 11 is 1.27. The molecule has 2 aromatic rings. The highest BCUT2D eigenvalue weighted by molar-refractivity contribution is 7.09. The van der Waals surface area contributed by atoms with E-state index in [2.05, 4.69) is 24.1 Å². The molecule has 0 unspecified atom stereocenters. The molecule has 1 aromatic carbocycles. The van der Waals surface area contributed by atoms with Crippen LogP contribution in [0.15, 0.2) is 29.6 Å². The van der Waals surface area contributed by atoms with Crippen molar-refractivity contribution in [2.24, 2.45) is 0 Å². The van der Waals surface area contributed by atoms with Gasteiger partial charge in [-0.2, -0.15) is 0 Å². The quantitative estimate of drug-likeness (QED) is 0.880. The minimum atomic E-state index is -1.17. The van der Waals surface area contributed by atoms with Crippen LogP contribution in [-0.4, -0.2) is 16.9 Å². The number of nitrogens with one attached hydrogen (secondary N) is 1. The molecule has 5 nitrogen and oxygen atoms in total. The fourth-order valence-electron chi connectivity index (χ4n) is 1.95.